The molecular weight excluding hydrogens is 468 g/mol. The summed E-state index contributed by atoms with van der Waals surface area (Å²) in [6, 6.07) is 0. The van der Waals surface area contributed by atoms with E-state index in [-0.39, 0.29) is 41.3 Å². The molecule has 8 atom stereocenters. The van der Waals surface area contributed by atoms with Crippen LogP contribution in [-0.2, 0) is 28.6 Å². The molecule has 4 aliphatic rings. The lowest BCUT2D eigenvalue weighted by Gasteiger charge is -2.46. The lowest BCUT2D eigenvalue weighted by Crippen LogP contribution is -2.54. The van der Waals surface area contributed by atoms with Crippen LogP contribution in [-0.4, -0.2) is 42.1 Å². The third-order valence-corrected chi connectivity index (χ3v) is 10.5. The number of carbonyl (C=O) groups is 3. The average molecular weight is 517 g/mol. The minimum Gasteiger partial charge on any atom is -0.466 e. The van der Waals surface area contributed by atoms with Gasteiger partial charge in [0.1, 0.15) is 17.8 Å². The third-order valence-electron chi connectivity index (χ3n) is 10.5. The third kappa shape index (κ3) is 5.16. The summed E-state index contributed by atoms with van der Waals surface area (Å²) in [5.74, 6) is 1.58. The Morgan fingerprint density at radius 3 is 2.46 bits per heavy atom. The molecule has 3 aliphatic carbocycles. The zero-order chi connectivity index (χ0) is 27.2. The number of carbonyl (C=O) groups excluding carboxylic acids is 3. The number of ether oxygens (including phenoxy) is 3. The molecule has 6 nitrogen and oxygen atoms in total. The first-order chi connectivity index (χ1) is 17.3. The fraction of sp³-hybridized carbons (Fsp3) is 0.839. The number of hydrogen-bond acceptors (Lipinski definition) is 6. The van der Waals surface area contributed by atoms with E-state index in [9.17, 15) is 14.4 Å². The Morgan fingerprint density at radius 1 is 1.08 bits per heavy atom. The van der Waals surface area contributed by atoms with Crippen LogP contribution in [0.4, 0.5) is 0 Å². The van der Waals surface area contributed by atoms with Gasteiger partial charge in [-0.15, -0.1) is 0 Å². The van der Waals surface area contributed by atoms with Gasteiger partial charge in [0.25, 0.3) is 0 Å². The van der Waals surface area contributed by atoms with E-state index in [1.165, 1.54) is 33.1 Å². The van der Waals surface area contributed by atoms with Crippen molar-refractivity contribution in [2.24, 2.45) is 34.5 Å². The van der Waals surface area contributed by atoms with Gasteiger partial charge >= 0.3 is 11.9 Å². The van der Waals surface area contributed by atoms with Gasteiger partial charge in [-0.25, -0.2) is 0 Å². The first-order valence-electron chi connectivity index (χ1n) is 14.6. The van der Waals surface area contributed by atoms with Crippen LogP contribution in [0, 0.1) is 34.5 Å². The number of esters is 2. The lowest BCUT2D eigenvalue weighted by molar-refractivity contribution is -0.153. The van der Waals surface area contributed by atoms with Crippen molar-refractivity contribution >= 4 is 17.7 Å². The normalized spacial score (nSPS) is 39.5. The standard InChI is InChI=1S/C31H48O6/c1-19(2)9-8-10-20(3)25-11-12-26(29(25,6)15-16-35-21(4)32)24-17-27-31(37-27)18-23(36-22(5)33)13-14-30(31,7)28(24)34/h17,19-20,23,25-27H,8-16,18H2,1-7H3/t20-,23+,25-,26+,27+,29-,30-,31+/m1/s1. The van der Waals surface area contributed by atoms with E-state index < -0.39 is 11.0 Å². The largest absolute Gasteiger partial charge is 0.466 e. The Balaban J connectivity index is 1.58. The Labute approximate surface area is 223 Å². The van der Waals surface area contributed by atoms with Gasteiger partial charge in [0.2, 0.25) is 0 Å². The van der Waals surface area contributed by atoms with Crippen LogP contribution >= 0.6 is 0 Å². The molecule has 2 saturated carbocycles. The van der Waals surface area contributed by atoms with Gasteiger partial charge in [0.15, 0.2) is 5.78 Å². The van der Waals surface area contributed by atoms with Crippen molar-refractivity contribution in [3.8, 4) is 0 Å². The lowest BCUT2D eigenvalue weighted by atomic mass is 9.55. The summed E-state index contributed by atoms with van der Waals surface area (Å²) in [5, 5.41) is 0. The van der Waals surface area contributed by atoms with Gasteiger partial charge in [0, 0.05) is 20.3 Å². The second-order valence-corrected chi connectivity index (χ2v) is 13.3. The first kappa shape index (κ1) is 28.3. The summed E-state index contributed by atoms with van der Waals surface area (Å²) < 4.78 is 17.3. The maximum Gasteiger partial charge on any atom is 0.302 e. The molecule has 1 spiro atoms. The molecule has 4 rings (SSSR count). The smallest absolute Gasteiger partial charge is 0.302 e. The van der Waals surface area contributed by atoms with E-state index in [0.29, 0.717) is 43.6 Å². The second-order valence-electron chi connectivity index (χ2n) is 13.3. The van der Waals surface area contributed by atoms with Crippen LogP contribution in [0.5, 0.6) is 0 Å². The Bertz CT molecular complexity index is 938. The summed E-state index contributed by atoms with van der Waals surface area (Å²) in [4.78, 5) is 37.4. The zero-order valence-electron chi connectivity index (χ0n) is 24.1. The molecule has 0 radical (unpaired) electrons. The second kappa shape index (κ2) is 10.5. The van der Waals surface area contributed by atoms with Gasteiger partial charge < -0.3 is 14.2 Å². The molecule has 0 bridgehead atoms. The number of ketones is 1. The van der Waals surface area contributed by atoms with Gasteiger partial charge in [-0.3, -0.25) is 14.4 Å². The highest BCUT2D eigenvalue weighted by atomic mass is 16.6. The number of hydrogen-bond donors (Lipinski definition) is 0. The van der Waals surface area contributed by atoms with Crippen LogP contribution < -0.4 is 0 Å². The van der Waals surface area contributed by atoms with Crippen molar-refractivity contribution in [1.82, 2.24) is 0 Å². The van der Waals surface area contributed by atoms with E-state index in [1.54, 1.807) is 0 Å². The average Bonchev–Trinajstić information content (AvgIpc) is 3.39. The number of Topliss-reactive ketones (excluding diaryl/α,β-unsaturated/α-hetero) is 1. The zero-order valence-corrected chi connectivity index (χ0v) is 24.1. The minimum atomic E-state index is -0.587. The topological polar surface area (TPSA) is 82.2 Å². The van der Waals surface area contributed by atoms with Gasteiger partial charge in [-0.1, -0.05) is 47.0 Å². The fourth-order valence-corrected chi connectivity index (χ4v) is 8.30. The van der Waals surface area contributed by atoms with Crippen molar-refractivity contribution in [1.29, 1.82) is 0 Å². The molecule has 1 heterocycles. The number of rotatable bonds is 10. The van der Waals surface area contributed by atoms with Crippen LogP contribution in [0.2, 0.25) is 0 Å². The highest BCUT2D eigenvalue weighted by Crippen LogP contribution is 2.66. The van der Waals surface area contributed by atoms with Crippen molar-refractivity contribution < 1.29 is 28.6 Å². The molecular formula is C31H48O6. The summed E-state index contributed by atoms with van der Waals surface area (Å²) in [6.45, 7) is 14.6. The van der Waals surface area contributed by atoms with Gasteiger partial charge in [0.05, 0.1) is 12.0 Å². The van der Waals surface area contributed by atoms with E-state index >= 15 is 0 Å². The molecule has 0 aromatic heterocycles. The molecule has 0 aromatic carbocycles. The Kier molecular flexibility index (Phi) is 8.01. The molecule has 6 heteroatoms. The molecule has 37 heavy (non-hydrogen) atoms. The van der Waals surface area contributed by atoms with E-state index in [0.717, 1.165) is 24.8 Å². The van der Waals surface area contributed by atoms with Gasteiger partial charge in [-0.2, -0.15) is 0 Å². The fourth-order valence-electron chi connectivity index (χ4n) is 8.30. The summed E-state index contributed by atoms with van der Waals surface area (Å²) in [5.41, 5.74) is -0.305. The van der Waals surface area contributed by atoms with E-state index in [1.807, 2.05) is 0 Å². The molecule has 1 aliphatic heterocycles. The molecule has 0 amide bonds. The predicted molar refractivity (Wildman–Crippen MR) is 142 cm³/mol. The predicted octanol–water partition coefficient (Wildman–Crippen LogP) is 6.20. The first-order valence-corrected chi connectivity index (χ1v) is 14.6. The molecule has 0 N–H and O–H groups in total. The monoisotopic (exact) mass is 516 g/mol. The Hall–Kier alpha value is -1.69. The van der Waals surface area contributed by atoms with Crippen molar-refractivity contribution in [3.05, 3.63) is 11.6 Å². The molecule has 0 aromatic rings. The number of allylic oxidation sites excluding steroid dienone is 1. The van der Waals surface area contributed by atoms with Crippen LogP contribution in [0.15, 0.2) is 11.6 Å². The minimum absolute atomic E-state index is 0.0937. The molecule has 208 valence electrons. The van der Waals surface area contributed by atoms with Crippen LogP contribution in [0.25, 0.3) is 0 Å². The molecule has 1 saturated heterocycles. The highest BCUT2D eigenvalue weighted by molar-refractivity contribution is 6.03. The summed E-state index contributed by atoms with van der Waals surface area (Å²) in [6.07, 6.45) is 10.3. The van der Waals surface area contributed by atoms with Crippen LogP contribution in [0.3, 0.4) is 0 Å². The van der Waals surface area contributed by atoms with Crippen LogP contribution in [0.1, 0.15) is 106 Å². The number of epoxide rings is 1. The van der Waals surface area contributed by atoms with Crippen molar-refractivity contribution in [2.45, 2.75) is 124 Å². The van der Waals surface area contributed by atoms with E-state index in [2.05, 4.69) is 40.7 Å². The van der Waals surface area contributed by atoms with Crippen molar-refractivity contribution in [3.63, 3.8) is 0 Å². The summed E-state index contributed by atoms with van der Waals surface area (Å²) >= 11 is 0. The maximum absolute atomic E-state index is 14.3. The molecule has 3 fully saturated rings. The SMILES string of the molecule is CC(=O)OCC[C@]1(C)[C@@H]([C@H](C)CCCC(C)C)CC[C@H]1C1=C[C@@H]2O[C@@]23C[C@@H](OC(C)=O)CC[C@]3(C)C1=O. The molecule has 0 unspecified atom stereocenters. The Morgan fingerprint density at radius 2 is 1.81 bits per heavy atom. The quantitative estimate of drug-likeness (QED) is 0.254. The van der Waals surface area contributed by atoms with E-state index in [4.69, 9.17) is 14.2 Å². The summed E-state index contributed by atoms with van der Waals surface area (Å²) in [7, 11) is 0. The highest BCUT2D eigenvalue weighted by Gasteiger charge is 2.74. The van der Waals surface area contributed by atoms with Gasteiger partial charge in [-0.05, 0) is 79.8 Å². The van der Waals surface area contributed by atoms with Crippen molar-refractivity contribution in [2.75, 3.05) is 6.61 Å². The maximum atomic E-state index is 14.3.